The van der Waals surface area contributed by atoms with Gasteiger partial charge in [-0.25, -0.2) is 4.39 Å². The molecule has 2 N–H and O–H groups in total. The molecule has 0 aliphatic rings. The molecule has 3 aromatic rings. The molecule has 0 atom stereocenters. The maximum Gasteiger partial charge on any atom is 0.416 e. The molecule has 0 unspecified atom stereocenters. The molecular formula is C17H11F4N3O. The third-order valence-corrected chi connectivity index (χ3v) is 3.41. The van der Waals surface area contributed by atoms with Crippen molar-refractivity contribution in [3.05, 3.63) is 71.7 Å². The van der Waals surface area contributed by atoms with Crippen molar-refractivity contribution in [3.8, 4) is 11.3 Å². The topological polar surface area (TPSA) is 57.8 Å². The number of benzene rings is 2. The van der Waals surface area contributed by atoms with Gasteiger partial charge in [0, 0.05) is 11.3 Å². The largest absolute Gasteiger partial charge is 0.416 e. The number of alkyl halides is 3. The van der Waals surface area contributed by atoms with Gasteiger partial charge in [-0.05, 0) is 48.5 Å². The Morgan fingerprint density at radius 2 is 1.76 bits per heavy atom. The Kier molecular flexibility index (Phi) is 4.26. The second-order valence-corrected chi connectivity index (χ2v) is 5.21. The Labute approximate surface area is 139 Å². The monoisotopic (exact) mass is 349 g/mol. The smallest absolute Gasteiger partial charge is 0.321 e. The van der Waals surface area contributed by atoms with E-state index in [1.165, 1.54) is 42.5 Å². The summed E-state index contributed by atoms with van der Waals surface area (Å²) in [5.41, 5.74) is 0.223. The highest BCUT2D eigenvalue weighted by Gasteiger charge is 2.30. The Morgan fingerprint density at radius 1 is 1.04 bits per heavy atom. The summed E-state index contributed by atoms with van der Waals surface area (Å²) >= 11 is 0. The summed E-state index contributed by atoms with van der Waals surface area (Å²) in [6, 6.07) is 11.3. The summed E-state index contributed by atoms with van der Waals surface area (Å²) in [6.45, 7) is 0. The minimum absolute atomic E-state index is 0.0118. The van der Waals surface area contributed by atoms with Crippen LogP contribution < -0.4 is 5.32 Å². The number of aromatic amines is 1. The summed E-state index contributed by atoms with van der Waals surface area (Å²) in [6.07, 6.45) is -4.50. The summed E-state index contributed by atoms with van der Waals surface area (Å²) in [5, 5.41) is 8.83. The number of nitrogens with one attached hydrogen (secondary N) is 2. The lowest BCUT2D eigenvalue weighted by molar-refractivity contribution is -0.137. The molecule has 0 fully saturated rings. The van der Waals surface area contributed by atoms with Gasteiger partial charge in [0.2, 0.25) is 0 Å². The molecule has 1 heterocycles. The molecule has 25 heavy (non-hydrogen) atoms. The zero-order valence-electron chi connectivity index (χ0n) is 12.6. The molecule has 0 saturated heterocycles. The number of H-pyrrole nitrogens is 1. The SMILES string of the molecule is O=C(Nc1cccc(C(F)(F)F)c1)c1cc(-c2ccc(F)cc2)n[nH]1. The van der Waals surface area contributed by atoms with Gasteiger partial charge < -0.3 is 5.32 Å². The molecule has 1 amide bonds. The lowest BCUT2D eigenvalue weighted by Gasteiger charge is -2.09. The first-order valence-electron chi connectivity index (χ1n) is 7.13. The van der Waals surface area contributed by atoms with Crippen LogP contribution in [0, 0.1) is 5.82 Å². The third kappa shape index (κ3) is 3.85. The van der Waals surface area contributed by atoms with Gasteiger partial charge in [0.25, 0.3) is 5.91 Å². The van der Waals surface area contributed by atoms with Crippen molar-refractivity contribution in [2.24, 2.45) is 0 Å². The Bertz CT molecular complexity index is 901. The zero-order chi connectivity index (χ0) is 18.0. The van der Waals surface area contributed by atoms with E-state index in [4.69, 9.17) is 0 Å². The van der Waals surface area contributed by atoms with Gasteiger partial charge in [-0.1, -0.05) is 6.07 Å². The van der Waals surface area contributed by atoms with Crippen molar-refractivity contribution in [1.82, 2.24) is 10.2 Å². The highest BCUT2D eigenvalue weighted by Crippen LogP contribution is 2.30. The van der Waals surface area contributed by atoms with E-state index in [2.05, 4.69) is 15.5 Å². The second-order valence-electron chi connectivity index (χ2n) is 5.21. The number of hydrogen-bond donors (Lipinski definition) is 2. The molecule has 0 saturated carbocycles. The van der Waals surface area contributed by atoms with E-state index in [9.17, 15) is 22.4 Å². The normalized spacial score (nSPS) is 11.4. The number of rotatable bonds is 3. The quantitative estimate of drug-likeness (QED) is 0.685. The van der Waals surface area contributed by atoms with Gasteiger partial charge in [-0.2, -0.15) is 18.3 Å². The first kappa shape index (κ1) is 16.7. The number of amides is 1. The van der Waals surface area contributed by atoms with E-state index in [0.717, 1.165) is 12.1 Å². The van der Waals surface area contributed by atoms with Gasteiger partial charge >= 0.3 is 6.18 Å². The van der Waals surface area contributed by atoms with Crippen molar-refractivity contribution >= 4 is 11.6 Å². The minimum Gasteiger partial charge on any atom is -0.321 e. The number of anilines is 1. The summed E-state index contributed by atoms with van der Waals surface area (Å²) in [7, 11) is 0. The summed E-state index contributed by atoms with van der Waals surface area (Å²) in [5.74, 6) is -1.04. The average molecular weight is 349 g/mol. The van der Waals surface area contributed by atoms with Crippen LogP contribution in [0.3, 0.4) is 0 Å². The molecule has 0 aliphatic heterocycles. The summed E-state index contributed by atoms with van der Waals surface area (Å²) in [4.78, 5) is 12.2. The van der Waals surface area contributed by atoms with E-state index in [1.807, 2.05) is 0 Å². The standard InChI is InChI=1S/C17H11F4N3O/c18-12-6-4-10(5-7-12)14-9-15(24-23-14)16(25)22-13-3-1-2-11(8-13)17(19,20)21/h1-9H,(H,22,25)(H,23,24). The van der Waals surface area contributed by atoms with E-state index >= 15 is 0 Å². The van der Waals surface area contributed by atoms with Crippen LogP contribution in [-0.2, 0) is 6.18 Å². The van der Waals surface area contributed by atoms with Crippen molar-refractivity contribution in [3.63, 3.8) is 0 Å². The zero-order valence-corrected chi connectivity index (χ0v) is 12.6. The third-order valence-electron chi connectivity index (χ3n) is 3.41. The number of aromatic nitrogens is 2. The molecule has 8 heteroatoms. The van der Waals surface area contributed by atoms with Crippen molar-refractivity contribution in [2.45, 2.75) is 6.18 Å². The van der Waals surface area contributed by atoms with Crippen LogP contribution in [0.1, 0.15) is 16.1 Å². The Balaban J connectivity index is 1.77. The number of hydrogen-bond acceptors (Lipinski definition) is 2. The van der Waals surface area contributed by atoms with E-state index in [-0.39, 0.29) is 11.4 Å². The molecule has 128 valence electrons. The van der Waals surface area contributed by atoms with Crippen LogP contribution in [-0.4, -0.2) is 16.1 Å². The van der Waals surface area contributed by atoms with Crippen LogP contribution >= 0.6 is 0 Å². The van der Waals surface area contributed by atoms with Crippen LogP contribution in [0.5, 0.6) is 0 Å². The van der Waals surface area contributed by atoms with Crippen LogP contribution in [0.15, 0.2) is 54.6 Å². The molecule has 3 rings (SSSR count). The first-order chi connectivity index (χ1) is 11.8. The Morgan fingerprint density at radius 3 is 2.44 bits per heavy atom. The maximum atomic E-state index is 12.9. The molecule has 0 aliphatic carbocycles. The minimum atomic E-state index is -4.50. The maximum absolute atomic E-state index is 12.9. The van der Waals surface area contributed by atoms with Gasteiger partial charge in [-0.15, -0.1) is 0 Å². The molecular weight excluding hydrogens is 338 g/mol. The van der Waals surface area contributed by atoms with Crippen molar-refractivity contribution in [1.29, 1.82) is 0 Å². The predicted octanol–water partition coefficient (Wildman–Crippen LogP) is 4.49. The lowest BCUT2D eigenvalue weighted by Crippen LogP contribution is -2.13. The highest BCUT2D eigenvalue weighted by molar-refractivity contribution is 6.03. The van der Waals surface area contributed by atoms with Gasteiger partial charge in [0.05, 0.1) is 11.3 Å². The van der Waals surface area contributed by atoms with Crippen LogP contribution in [0.4, 0.5) is 23.2 Å². The van der Waals surface area contributed by atoms with Crippen molar-refractivity contribution < 1.29 is 22.4 Å². The molecule has 0 radical (unpaired) electrons. The second kappa shape index (κ2) is 6.39. The van der Waals surface area contributed by atoms with Gasteiger partial charge in [0.1, 0.15) is 11.5 Å². The highest BCUT2D eigenvalue weighted by atomic mass is 19.4. The van der Waals surface area contributed by atoms with Crippen LogP contribution in [0.2, 0.25) is 0 Å². The molecule has 1 aromatic heterocycles. The van der Waals surface area contributed by atoms with Gasteiger partial charge in [0.15, 0.2) is 0 Å². The fourth-order valence-corrected chi connectivity index (χ4v) is 2.18. The van der Waals surface area contributed by atoms with E-state index in [1.54, 1.807) is 0 Å². The number of carbonyl (C=O) groups is 1. The number of nitrogens with zero attached hydrogens (tertiary/aromatic N) is 1. The van der Waals surface area contributed by atoms with E-state index in [0.29, 0.717) is 11.3 Å². The van der Waals surface area contributed by atoms with Crippen LogP contribution in [0.25, 0.3) is 11.3 Å². The number of halogens is 4. The molecule has 0 bridgehead atoms. The predicted molar refractivity (Wildman–Crippen MR) is 83.4 cm³/mol. The number of carbonyl (C=O) groups excluding carboxylic acids is 1. The van der Waals surface area contributed by atoms with Crippen molar-refractivity contribution in [2.75, 3.05) is 5.32 Å². The first-order valence-corrected chi connectivity index (χ1v) is 7.13. The summed E-state index contributed by atoms with van der Waals surface area (Å²) < 4.78 is 51.0. The molecule has 4 nitrogen and oxygen atoms in total. The van der Waals surface area contributed by atoms with Gasteiger partial charge in [-0.3, -0.25) is 9.89 Å². The lowest BCUT2D eigenvalue weighted by atomic mass is 10.1. The average Bonchev–Trinajstić information content (AvgIpc) is 3.05. The van der Waals surface area contributed by atoms with E-state index < -0.39 is 23.5 Å². The fraction of sp³-hybridized carbons (Fsp3) is 0.0588. The fourth-order valence-electron chi connectivity index (χ4n) is 2.18. The molecule has 0 spiro atoms. The Hall–Kier alpha value is -3.16. The molecule has 2 aromatic carbocycles.